The Kier molecular flexibility index (Phi) is 2.24. The highest BCUT2D eigenvalue weighted by molar-refractivity contribution is 5.98. The smallest absolute Gasteiger partial charge is 0.341 e. The van der Waals surface area contributed by atoms with Gasteiger partial charge in [-0.1, -0.05) is 0 Å². The highest BCUT2D eigenvalue weighted by atomic mass is 16.5. The SMILES string of the molecule is COC(=O)c1ccc2n[nH]nc2c1OC. The van der Waals surface area contributed by atoms with Gasteiger partial charge in [0.1, 0.15) is 11.1 Å². The van der Waals surface area contributed by atoms with Gasteiger partial charge in [-0.3, -0.25) is 0 Å². The Morgan fingerprint density at radius 2 is 2.13 bits per heavy atom. The number of aromatic nitrogens is 3. The molecule has 78 valence electrons. The van der Waals surface area contributed by atoms with Crippen LogP contribution in [-0.4, -0.2) is 35.6 Å². The standard InChI is InChI=1S/C9H9N3O3/c1-14-8-5(9(13)15-2)3-4-6-7(8)11-12-10-6/h3-4H,1-2H3,(H,10,11,12). The van der Waals surface area contributed by atoms with Crippen molar-refractivity contribution in [1.29, 1.82) is 0 Å². The first-order valence-corrected chi connectivity index (χ1v) is 4.23. The van der Waals surface area contributed by atoms with Crippen LogP contribution in [0.4, 0.5) is 0 Å². The number of benzene rings is 1. The van der Waals surface area contributed by atoms with E-state index in [-0.39, 0.29) is 0 Å². The minimum absolute atomic E-state index is 0.335. The topological polar surface area (TPSA) is 77.1 Å². The van der Waals surface area contributed by atoms with Crippen LogP contribution in [0.1, 0.15) is 10.4 Å². The van der Waals surface area contributed by atoms with Crippen molar-refractivity contribution in [1.82, 2.24) is 15.4 Å². The molecule has 0 saturated carbocycles. The van der Waals surface area contributed by atoms with Gasteiger partial charge in [0.15, 0.2) is 11.3 Å². The fourth-order valence-electron chi connectivity index (χ4n) is 1.37. The van der Waals surface area contributed by atoms with Crippen LogP contribution in [0.3, 0.4) is 0 Å². The molecule has 1 aromatic heterocycles. The molecule has 1 aromatic carbocycles. The number of hydrogen-bond acceptors (Lipinski definition) is 5. The summed E-state index contributed by atoms with van der Waals surface area (Å²) in [6.07, 6.45) is 0. The van der Waals surface area contributed by atoms with Gasteiger partial charge >= 0.3 is 5.97 Å². The summed E-state index contributed by atoms with van der Waals surface area (Å²) in [6, 6.07) is 3.27. The van der Waals surface area contributed by atoms with E-state index in [1.165, 1.54) is 14.2 Å². The molecule has 0 bridgehead atoms. The number of H-pyrrole nitrogens is 1. The van der Waals surface area contributed by atoms with Gasteiger partial charge in [0, 0.05) is 0 Å². The third-order valence-electron chi connectivity index (χ3n) is 2.05. The van der Waals surface area contributed by atoms with Crippen molar-refractivity contribution in [3.63, 3.8) is 0 Å². The van der Waals surface area contributed by atoms with Gasteiger partial charge in [0.25, 0.3) is 0 Å². The predicted molar refractivity (Wildman–Crippen MR) is 51.8 cm³/mol. The molecule has 0 unspecified atom stereocenters. The number of carbonyl (C=O) groups excluding carboxylic acids is 1. The summed E-state index contributed by atoms with van der Waals surface area (Å²) in [7, 11) is 2.78. The minimum atomic E-state index is -0.461. The Bertz CT molecular complexity index is 506. The minimum Gasteiger partial charge on any atom is -0.493 e. The lowest BCUT2D eigenvalue weighted by atomic mass is 10.1. The summed E-state index contributed by atoms with van der Waals surface area (Å²) in [6.45, 7) is 0. The highest BCUT2D eigenvalue weighted by Gasteiger charge is 2.17. The van der Waals surface area contributed by atoms with Gasteiger partial charge in [-0.2, -0.15) is 15.4 Å². The zero-order chi connectivity index (χ0) is 10.8. The van der Waals surface area contributed by atoms with Crippen LogP contribution in [0.15, 0.2) is 12.1 Å². The van der Waals surface area contributed by atoms with E-state index in [1.54, 1.807) is 12.1 Å². The molecule has 1 heterocycles. The molecule has 15 heavy (non-hydrogen) atoms. The Balaban J connectivity index is 2.69. The van der Waals surface area contributed by atoms with E-state index in [4.69, 9.17) is 4.74 Å². The highest BCUT2D eigenvalue weighted by Crippen LogP contribution is 2.26. The number of methoxy groups -OCH3 is 2. The molecule has 0 amide bonds. The first kappa shape index (κ1) is 9.45. The Morgan fingerprint density at radius 1 is 1.33 bits per heavy atom. The average Bonchev–Trinajstić information content (AvgIpc) is 2.74. The number of carbonyl (C=O) groups is 1. The number of nitrogens with zero attached hydrogens (tertiary/aromatic N) is 2. The van der Waals surface area contributed by atoms with Gasteiger partial charge in [0.2, 0.25) is 0 Å². The number of esters is 1. The number of hydrogen-bond donors (Lipinski definition) is 1. The summed E-state index contributed by atoms with van der Waals surface area (Å²) >= 11 is 0. The van der Waals surface area contributed by atoms with Crippen molar-refractivity contribution < 1.29 is 14.3 Å². The molecule has 0 aliphatic carbocycles. The molecule has 0 saturated heterocycles. The molecule has 0 fully saturated rings. The Hall–Kier alpha value is -2.11. The normalized spacial score (nSPS) is 10.3. The first-order valence-electron chi connectivity index (χ1n) is 4.23. The number of rotatable bonds is 2. The molecule has 6 nitrogen and oxygen atoms in total. The lowest BCUT2D eigenvalue weighted by Crippen LogP contribution is -2.04. The monoisotopic (exact) mass is 207 g/mol. The van der Waals surface area contributed by atoms with Gasteiger partial charge < -0.3 is 9.47 Å². The summed E-state index contributed by atoms with van der Waals surface area (Å²) in [5.41, 5.74) is 1.49. The van der Waals surface area contributed by atoms with Crippen LogP contribution in [-0.2, 0) is 4.74 Å². The maximum atomic E-state index is 11.4. The zero-order valence-electron chi connectivity index (χ0n) is 8.27. The third kappa shape index (κ3) is 1.39. The summed E-state index contributed by atoms with van der Waals surface area (Å²) < 4.78 is 9.74. The van der Waals surface area contributed by atoms with E-state index in [0.29, 0.717) is 22.3 Å². The molecule has 1 N–H and O–H groups in total. The number of fused-ring (bicyclic) bond motifs is 1. The fraction of sp³-hybridized carbons (Fsp3) is 0.222. The number of nitrogens with one attached hydrogen (secondary N) is 1. The maximum Gasteiger partial charge on any atom is 0.341 e. The van der Waals surface area contributed by atoms with Gasteiger partial charge in [0.05, 0.1) is 14.2 Å². The molecule has 0 aliphatic rings. The van der Waals surface area contributed by atoms with Crippen molar-refractivity contribution in [2.45, 2.75) is 0 Å². The lowest BCUT2D eigenvalue weighted by molar-refractivity contribution is 0.0597. The summed E-state index contributed by atoms with van der Waals surface area (Å²) in [5, 5.41) is 10.2. The van der Waals surface area contributed by atoms with Crippen molar-refractivity contribution in [2.24, 2.45) is 0 Å². The summed E-state index contributed by atoms with van der Waals surface area (Å²) in [5.74, 6) is -0.0927. The van der Waals surface area contributed by atoms with Crippen molar-refractivity contribution in [3.8, 4) is 5.75 Å². The van der Waals surface area contributed by atoms with Crippen LogP contribution in [0.5, 0.6) is 5.75 Å². The first-order chi connectivity index (χ1) is 7.27. The van der Waals surface area contributed by atoms with E-state index in [9.17, 15) is 4.79 Å². The Morgan fingerprint density at radius 3 is 2.80 bits per heavy atom. The van der Waals surface area contributed by atoms with Crippen LogP contribution < -0.4 is 4.74 Å². The van der Waals surface area contributed by atoms with E-state index in [2.05, 4.69) is 20.1 Å². The quantitative estimate of drug-likeness (QED) is 0.735. The number of ether oxygens (including phenoxy) is 2. The van der Waals surface area contributed by atoms with Gasteiger partial charge in [-0.25, -0.2) is 4.79 Å². The second kappa shape index (κ2) is 3.56. The summed E-state index contributed by atoms with van der Waals surface area (Å²) in [4.78, 5) is 11.4. The molecular formula is C9H9N3O3. The molecule has 0 spiro atoms. The maximum absolute atomic E-state index is 11.4. The van der Waals surface area contributed by atoms with Crippen molar-refractivity contribution in [2.75, 3.05) is 14.2 Å². The molecule has 6 heteroatoms. The van der Waals surface area contributed by atoms with Gasteiger partial charge in [-0.05, 0) is 12.1 Å². The van der Waals surface area contributed by atoms with E-state index >= 15 is 0 Å². The van der Waals surface area contributed by atoms with Crippen LogP contribution >= 0.6 is 0 Å². The molecule has 0 radical (unpaired) electrons. The molecule has 2 aromatic rings. The predicted octanol–water partition coefficient (Wildman–Crippen LogP) is 0.753. The van der Waals surface area contributed by atoms with Crippen LogP contribution in [0, 0.1) is 0 Å². The lowest BCUT2D eigenvalue weighted by Gasteiger charge is -2.05. The van der Waals surface area contributed by atoms with Gasteiger partial charge in [-0.15, -0.1) is 0 Å². The van der Waals surface area contributed by atoms with E-state index in [1.807, 2.05) is 0 Å². The molecular weight excluding hydrogens is 198 g/mol. The van der Waals surface area contributed by atoms with Crippen LogP contribution in [0.2, 0.25) is 0 Å². The molecule has 0 aliphatic heterocycles. The van der Waals surface area contributed by atoms with E-state index < -0.39 is 5.97 Å². The largest absolute Gasteiger partial charge is 0.493 e. The number of aromatic amines is 1. The average molecular weight is 207 g/mol. The Labute approximate surface area is 85.2 Å². The third-order valence-corrected chi connectivity index (χ3v) is 2.05. The molecule has 0 atom stereocenters. The second-order valence-corrected chi connectivity index (χ2v) is 2.83. The van der Waals surface area contributed by atoms with Crippen molar-refractivity contribution >= 4 is 17.0 Å². The zero-order valence-corrected chi connectivity index (χ0v) is 8.27. The molecule has 2 rings (SSSR count). The van der Waals surface area contributed by atoms with Crippen LogP contribution in [0.25, 0.3) is 11.0 Å². The van der Waals surface area contributed by atoms with E-state index in [0.717, 1.165) is 0 Å². The fourth-order valence-corrected chi connectivity index (χ4v) is 1.37. The van der Waals surface area contributed by atoms with Crippen molar-refractivity contribution in [3.05, 3.63) is 17.7 Å². The second-order valence-electron chi connectivity index (χ2n) is 2.83.